The van der Waals surface area contributed by atoms with Crippen LogP contribution in [0, 0.1) is 0 Å². The molecule has 0 aromatic heterocycles. The van der Waals surface area contributed by atoms with Crippen molar-refractivity contribution in [3.05, 3.63) is 29.8 Å². The number of ketones is 1. The van der Waals surface area contributed by atoms with Gasteiger partial charge in [0, 0.05) is 12.0 Å². The summed E-state index contributed by atoms with van der Waals surface area (Å²) in [6.45, 7) is 2.56. The fourth-order valence-electron chi connectivity index (χ4n) is 1.96. The molecule has 1 atom stereocenters. The second-order valence-corrected chi connectivity index (χ2v) is 4.49. The van der Waals surface area contributed by atoms with Gasteiger partial charge in [-0.3, -0.25) is 4.79 Å². The average Bonchev–Trinajstić information content (AvgIpc) is 2.48. The van der Waals surface area contributed by atoms with Crippen LogP contribution in [0.15, 0.2) is 24.3 Å². The highest BCUT2D eigenvalue weighted by atomic mass is 16.7. The number of rotatable bonds is 5. The summed E-state index contributed by atoms with van der Waals surface area (Å²) in [4.78, 5) is 23.0. The second kappa shape index (κ2) is 7.05. The molecule has 1 aromatic rings. The van der Waals surface area contributed by atoms with Crippen LogP contribution in [-0.2, 0) is 14.3 Å². The Morgan fingerprint density at radius 2 is 2.00 bits per heavy atom. The molecular formula is C15H18O5. The zero-order valence-electron chi connectivity index (χ0n) is 11.5. The molecule has 0 amide bonds. The first-order valence-corrected chi connectivity index (χ1v) is 6.80. The molecular weight excluding hydrogens is 260 g/mol. The van der Waals surface area contributed by atoms with Crippen molar-refractivity contribution in [1.82, 2.24) is 0 Å². The van der Waals surface area contributed by atoms with E-state index in [4.69, 9.17) is 9.47 Å². The number of benzene rings is 1. The first-order valence-electron chi connectivity index (χ1n) is 6.80. The van der Waals surface area contributed by atoms with Crippen LogP contribution >= 0.6 is 0 Å². The third-order valence-corrected chi connectivity index (χ3v) is 2.98. The highest BCUT2D eigenvalue weighted by molar-refractivity contribution is 6.40. The minimum absolute atomic E-state index is 0.185. The minimum atomic E-state index is -0.836. The number of carbonyl (C=O) groups excluding carboxylic acids is 2. The van der Waals surface area contributed by atoms with Gasteiger partial charge in [-0.05, 0) is 44.0 Å². The molecule has 5 heteroatoms. The second-order valence-electron chi connectivity index (χ2n) is 4.49. The lowest BCUT2D eigenvalue weighted by atomic mass is 10.1. The SMILES string of the molecule is CCOC(=O)C(=O)c1ccc(O[C@@H]2CCCCO2)cc1. The van der Waals surface area contributed by atoms with Crippen molar-refractivity contribution in [2.75, 3.05) is 13.2 Å². The topological polar surface area (TPSA) is 61.8 Å². The van der Waals surface area contributed by atoms with Gasteiger partial charge in [0.05, 0.1) is 13.2 Å². The van der Waals surface area contributed by atoms with Crippen LogP contribution in [0.3, 0.4) is 0 Å². The lowest BCUT2D eigenvalue weighted by molar-refractivity contribution is -0.137. The molecule has 1 aliphatic rings. The van der Waals surface area contributed by atoms with Gasteiger partial charge in [-0.1, -0.05) is 0 Å². The van der Waals surface area contributed by atoms with Crippen LogP contribution in [0.1, 0.15) is 36.5 Å². The monoisotopic (exact) mass is 278 g/mol. The molecule has 2 rings (SSSR count). The summed E-state index contributed by atoms with van der Waals surface area (Å²) in [6, 6.07) is 6.42. The molecule has 1 aliphatic heterocycles. The van der Waals surface area contributed by atoms with Gasteiger partial charge in [0.1, 0.15) is 5.75 Å². The number of carbonyl (C=O) groups is 2. The molecule has 0 spiro atoms. The Kier molecular flexibility index (Phi) is 5.12. The summed E-state index contributed by atoms with van der Waals surface area (Å²) in [5.41, 5.74) is 0.292. The number of hydrogen-bond acceptors (Lipinski definition) is 5. The molecule has 0 bridgehead atoms. The van der Waals surface area contributed by atoms with Crippen LogP contribution in [0.25, 0.3) is 0 Å². The van der Waals surface area contributed by atoms with Crippen LogP contribution < -0.4 is 4.74 Å². The third kappa shape index (κ3) is 3.81. The molecule has 20 heavy (non-hydrogen) atoms. The Morgan fingerprint density at radius 1 is 1.25 bits per heavy atom. The average molecular weight is 278 g/mol. The largest absolute Gasteiger partial charge is 0.465 e. The smallest absolute Gasteiger partial charge is 0.379 e. The Bertz CT molecular complexity index is 460. The summed E-state index contributed by atoms with van der Waals surface area (Å²) >= 11 is 0. The van der Waals surface area contributed by atoms with E-state index in [0.29, 0.717) is 17.9 Å². The maximum Gasteiger partial charge on any atom is 0.379 e. The number of hydrogen-bond donors (Lipinski definition) is 0. The van der Waals surface area contributed by atoms with Crippen molar-refractivity contribution in [2.45, 2.75) is 32.5 Å². The lowest BCUT2D eigenvalue weighted by Gasteiger charge is -2.23. The normalized spacial score (nSPS) is 18.4. The van der Waals surface area contributed by atoms with Crippen molar-refractivity contribution in [1.29, 1.82) is 0 Å². The van der Waals surface area contributed by atoms with Crippen molar-refractivity contribution < 1.29 is 23.8 Å². The molecule has 0 saturated carbocycles. The Labute approximate surface area is 117 Å². The van der Waals surface area contributed by atoms with Gasteiger partial charge < -0.3 is 14.2 Å². The first kappa shape index (κ1) is 14.5. The van der Waals surface area contributed by atoms with Crippen molar-refractivity contribution >= 4 is 11.8 Å². The van der Waals surface area contributed by atoms with Gasteiger partial charge in [-0.2, -0.15) is 0 Å². The molecule has 108 valence electrons. The van der Waals surface area contributed by atoms with Gasteiger partial charge in [0.2, 0.25) is 0 Å². The van der Waals surface area contributed by atoms with E-state index >= 15 is 0 Å². The van der Waals surface area contributed by atoms with Crippen LogP contribution in [-0.4, -0.2) is 31.3 Å². The minimum Gasteiger partial charge on any atom is -0.465 e. The molecule has 5 nitrogen and oxygen atoms in total. The van der Waals surface area contributed by atoms with E-state index < -0.39 is 11.8 Å². The van der Waals surface area contributed by atoms with Gasteiger partial charge in [-0.15, -0.1) is 0 Å². The fraction of sp³-hybridized carbons (Fsp3) is 0.467. The molecule has 0 radical (unpaired) electrons. The zero-order valence-corrected chi connectivity index (χ0v) is 11.5. The first-order chi connectivity index (χ1) is 9.70. The van der Waals surface area contributed by atoms with E-state index in [-0.39, 0.29) is 12.9 Å². The summed E-state index contributed by atoms with van der Waals surface area (Å²) in [7, 11) is 0. The molecule has 0 unspecified atom stereocenters. The summed E-state index contributed by atoms with van der Waals surface area (Å²) < 4.78 is 15.8. The molecule has 1 aromatic carbocycles. The third-order valence-electron chi connectivity index (χ3n) is 2.98. The van der Waals surface area contributed by atoms with E-state index in [1.807, 2.05) is 0 Å². The Balaban J connectivity index is 1.95. The molecule has 1 fully saturated rings. The van der Waals surface area contributed by atoms with E-state index in [1.165, 1.54) is 0 Å². The lowest BCUT2D eigenvalue weighted by Crippen LogP contribution is -2.25. The predicted molar refractivity (Wildman–Crippen MR) is 71.6 cm³/mol. The van der Waals surface area contributed by atoms with Crippen LogP contribution in [0.4, 0.5) is 0 Å². The maximum absolute atomic E-state index is 11.7. The molecule has 1 heterocycles. The Hall–Kier alpha value is -1.88. The van der Waals surface area contributed by atoms with Crippen molar-refractivity contribution in [3.63, 3.8) is 0 Å². The summed E-state index contributed by atoms with van der Waals surface area (Å²) in [5.74, 6) is -0.860. The van der Waals surface area contributed by atoms with Gasteiger partial charge in [0.15, 0.2) is 6.29 Å². The molecule has 0 aliphatic carbocycles. The quantitative estimate of drug-likeness (QED) is 0.470. The van der Waals surface area contributed by atoms with E-state index in [0.717, 1.165) is 19.3 Å². The van der Waals surface area contributed by atoms with E-state index in [1.54, 1.807) is 31.2 Å². The highest BCUT2D eigenvalue weighted by Gasteiger charge is 2.18. The van der Waals surface area contributed by atoms with Crippen LogP contribution in [0.5, 0.6) is 5.75 Å². The standard InChI is InChI=1S/C15H18O5/c1-2-18-15(17)14(16)11-6-8-12(9-7-11)20-13-5-3-4-10-19-13/h6-9,13H,2-5,10H2,1H3/t13-/m1/s1. The number of ether oxygens (including phenoxy) is 3. The predicted octanol–water partition coefficient (Wildman–Crippen LogP) is 2.34. The van der Waals surface area contributed by atoms with E-state index in [2.05, 4.69) is 4.74 Å². The number of esters is 1. The van der Waals surface area contributed by atoms with Crippen molar-refractivity contribution in [2.24, 2.45) is 0 Å². The van der Waals surface area contributed by atoms with E-state index in [9.17, 15) is 9.59 Å². The zero-order chi connectivity index (χ0) is 14.4. The van der Waals surface area contributed by atoms with Gasteiger partial charge in [-0.25, -0.2) is 4.79 Å². The molecule has 0 N–H and O–H groups in total. The highest BCUT2D eigenvalue weighted by Crippen LogP contribution is 2.19. The van der Waals surface area contributed by atoms with Gasteiger partial charge >= 0.3 is 5.97 Å². The van der Waals surface area contributed by atoms with Gasteiger partial charge in [0.25, 0.3) is 5.78 Å². The van der Waals surface area contributed by atoms with Crippen molar-refractivity contribution in [3.8, 4) is 5.75 Å². The molecule has 1 saturated heterocycles. The summed E-state index contributed by atoms with van der Waals surface area (Å²) in [5, 5.41) is 0. The maximum atomic E-state index is 11.7. The van der Waals surface area contributed by atoms with Crippen LogP contribution in [0.2, 0.25) is 0 Å². The Morgan fingerprint density at radius 3 is 2.60 bits per heavy atom. The summed E-state index contributed by atoms with van der Waals surface area (Å²) in [6.07, 6.45) is 2.79. The fourth-order valence-corrected chi connectivity index (χ4v) is 1.96. The number of Topliss-reactive ketones (excluding diaryl/α,β-unsaturated/α-hetero) is 1.